The summed E-state index contributed by atoms with van der Waals surface area (Å²) in [6.07, 6.45) is -1.14. The quantitative estimate of drug-likeness (QED) is 0.213. The van der Waals surface area contributed by atoms with Crippen molar-refractivity contribution in [3.8, 4) is 0 Å². The van der Waals surface area contributed by atoms with Crippen LogP contribution in [0, 0.1) is 20.2 Å². The van der Waals surface area contributed by atoms with Crippen molar-refractivity contribution in [1.29, 1.82) is 0 Å². The number of nitrogens with zero attached hydrogens (tertiary/aromatic N) is 4. The van der Waals surface area contributed by atoms with Gasteiger partial charge in [0.2, 0.25) is 6.23 Å². The minimum absolute atomic E-state index is 0.0589. The third kappa shape index (κ3) is 5.20. The van der Waals surface area contributed by atoms with Gasteiger partial charge in [0.25, 0.3) is 11.4 Å². The number of hydrogen-bond donors (Lipinski definition) is 2. The number of hydrogen-bond acceptors (Lipinski definition) is 10. The van der Waals surface area contributed by atoms with Crippen LogP contribution in [0.25, 0.3) is 0 Å². The van der Waals surface area contributed by atoms with Crippen molar-refractivity contribution in [1.82, 2.24) is 0 Å². The first-order valence-electron chi connectivity index (χ1n) is 11.8. The number of hydroxylamine groups is 2. The lowest BCUT2D eigenvalue weighted by Crippen LogP contribution is -2.51. The Hall–Kier alpha value is -5.04. The van der Waals surface area contributed by atoms with Gasteiger partial charge in [-0.25, -0.2) is 15.0 Å². The highest BCUT2D eigenvalue weighted by atomic mass is 16.8. The molecular formula is C27H23N5O7. The minimum atomic E-state index is -1.37. The summed E-state index contributed by atoms with van der Waals surface area (Å²) in [6, 6.07) is 29.4. The average molecular weight is 530 g/mol. The normalized spacial score (nSPS) is 18.5. The fourth-order valence-corrected chi connectivity index (χ4v) is 4.28. The molecule has 0 amide bonds. The molecule has 0 saturated carbocycles. The molecule has 12 heteroatoms. The van der Waals surface area contributed by atoms with Gasteiger partial charge in [-0.3, -0.25) is 35.8 Å². The van der Waals surface area contributed by atoms with E-state index in [0.29, 0.717) is 22.6 Å². The van der Waals surface area contributed by atoms with E-state index in [1.165, 1.54) is 41.5 Å². The number of nitro benzene ring substituents is 2. The molecular weight excluding hydrogens is 506 g/mol. The van der Waals surface area contributed by atoms with E-state index in [1.54, 1.807) is 36.4 Å². The van der Waals surface area contributed by atoms with E-state index in [1.807, 2.05) is 36.4 Å². The largest absolute Gasteiger partial charge is 0.286 e. The van der Waals surface area contributed by atoms with Crippen molar-refractivity contribution < 1.29 is 24.7 Å². The molecule has 1 saturated heterocycles. The highest BCUT2D eigenvalue weighted by Gasteiger charge is 2.55. The number of rotatable bonds is 9. The zero-order valence-electron chi connectivity index (χ0n) is 20.4. The summed E-state index contributed by atoms with van der Waals surface area (Å²) in [4.78, 5) is 33.8. The summed E-state index contributed by atoms with van der Waals surface area (Å²) >= 11 is 0. The van der Waals surface area contributed by atoms with Gasteiger partial charge in [-0.2, -0.15) is 0 Å². The van der Waals surface area contributed by atoms with Gasteiger partial charge in [-0.1, -0.05) is 48.5 Å². The van der Waals surface area contributed by atoms with Crippen molar-refractivity contribution in [2.75, 3.05) is 22.2 Å². The lowest BCUT2D eigenvalue weighted by Gasteiger charge is -2.36. The van der Waals surface area contributed by atoms with Gasteiger partial charge in [0.15, 0.2) is 5.60 Å². The molecule has 0 aliphatic carbocycles. The molecule has 0 spiro atoms. The number of nitro groups is 2. The molecule has 0 unspecified atom stereocenters. The van der Waals surface area contributed by atoms with Crippen LogP contribution < -0.4 is 15.6 Å². The van der Waals surface area contributed by atoms with E-state index >= 15 is 0 Å². The highest BCUT2D eigenvalue weighted by Crippen LogP contribution is 2.43. The molecule has 4 aromatic rings. The highest BCUT2D eigenvalue weighted by molar-refractivity contribution is 5.53. The first-order valence-corrected chi connectivity index (χ1v) is 11.8. The SMILES string of the molecule is O=[N+]([O-])c1ccc(NO[C@@]2(c3ccccc3)CN(c3ccc([N+](=O)[O-])cc3)O[C@@H]2N(O)c2ccccc2)cc1. The molecule has 2 atom stereocenters. The summed E-state index contributed by atoms with van der Waals surface area (Å²) in [5.74, 6) is 0. The number of para-hydroxylation sites is 1. The maximum absolute atomic E-state index is 11.4. The van der Waals surface area contributed by atoms with E-state index in [2.05, 4.69) is 5.48 Å². The first-order chi connectivity index (χ1) is 18.9. The Kier molecular flexibility index (Phi) is 7.06. The molecule has 1 aliphatic rings. The molecule has 4 aromatic carbocycles. The Bertz CT molecular complexity index is 1440. The van der Waals surface area contributed by atoms with Crippen LogP contribution in [0.4, 0.5) is 28.4 Å². The van der Waals surface area contributed by atoms with E-state index in [9.17, 15) is 25.4 Å². The summed E-state index contributed by atoms with van der Waals surface area (Å²) < 4.78 is 0. The molecule has 1 fully saturated rings. The predicted octanol–water partition coefficient (Wildman–Crippen LogP) is 5.42. The number of nitrogens with one attached hydrogen (secondary N) is 1. The Morgan fingerprint density at radius 2 is 1.38 bits per heavy atom. The molecule has 39 heavy (non-hydrogen) atoms. The Morgan fingerprint density at radius 1 is 0.846 bits per heavy atom. The van der Waals surface area contributed by atoms with Crippen LogP contribution in [0.3, 0.4) is 0 Å². The lowest BCUT2D eigenvalue weighted by molar-refractivity contribution is -0.385. The van der Waals surface area contributed by atoms with E-state index in [0.717, 1.165) is 5.06 Å². The van der Waals surface area contributed by atoms with Crippen LogP contribution in [-0.4, -0.2) is 27.8 Å². The third-order valence-corrected chi connectivity index (χ3v) is 6.29. The molecule has 2 N–H and O–H groups in total. The van der Waals surface area contributed by atoms with Crippen molar-refractivity contribution in [3.05, 3.63) is 135 Å². The van der Waals surface area contributed by atoms with Crippen molar-refractivity contribution in [2.45, 2.75) is 11.8 Å². The van der Waals surface area contributed by atoms with Crippen LogP contribution in [0.15, 0.2) is 109 Å². The second-order valence-corrected chi connectivity index (χ2v) is 8.71. The van der Waals surface area contributed by atoms with Gasteiger partial charge in [0.1, 0.15) is 0 Å². The fraction of sp³-hybridized carbons (Fsp3) is 0.111. The van der Waals surface area contributed by atoms with Crippen LogP contribution in [0.1, 0.15) is 5.56 Å². The molecule has 0 bridgehead atoms. The smallest absolute Gasteiger partial charge is 0.269 e. The number of benzene rings is 4. The maximum atomic E-state index is 11.4. The molecule has 198 valence electrons. The molecule has 1 heterocycles. The van der Waals surface area contributed by atoms with Gasteiger partial charge in [0, 0.05) is 24.3 Å². The van der Waals surface area contributed by atoms with Crippen LogP contribution >= 0.6 is 0 Å². The number of anilines is 3. The van der Waals surface area contributed by atoms with Gasteiger partial charge < -0.3 is 0 Å². The summed E-state index contributed by atoms with van der Waals surface area (Å²) in [5.41, 5.74) is 3.39. The van der Waals surface area contributed by atoms with Gasteiger partial charge in [-0.05, 0) is 42.0 Å². The summed E-state index contributed by atoms with van der Waals surface area (Å²) in [6.45, 7) is 0.0589. The monoisotopic (exact) mass is 529 g/mol. The van der Waals surface area contributed by atoms with Crippen molar-refractivity contribution >= 4 is 28.4 Å². The molecule has 12 nitrogen and oxygen atoms in total. The van der Waals surface area contributed by atoms with Gasteiger partial charge >= 0.3 is 0 Å². The summed E-state index contributed by atoms with van der Waals surface area (Å²) in [5, 5.41) is 36.1. The maximum Gasteiger partial charge on any atom is 0.269 e. The standard InChI is InChI=1S/C27H23N5O7/c33-30(23-9-5-2-6-10-23)26-27(20-7-3-1-4-8-20,39-28-21-11-13-24(14-12-21)31(34)35)19-29(38-26)22-15-17-25(18-16-22)32(36)37/h1-18,26,28,33H,19H2/t26-,27+/m0/s1. The molecule has 1 aliphatic heterocycles. The van der Waals surface area contributed by atoms with Crippen molar-refractivity contribution in [3.63, 3.8) is 0 Å². The van der Waals surface area contributed by atoms with Gasteiger partial charge in [0.05, 0.1) is 33.5 Å². The van der Waals surface area contributed by atoms with E-state index in [-0.39, 0.29) is 17.9 Å². The topological polar surface area (TPSA) is 143 Å². The Balaban J connectivity index is 1.55. The lowest BCUT2D eigenvalue weighted by atomic mass is 9.91. The zero-order valence-corrected chi connectivity index (χ0v) is 20.4. The Labute approximate surface area is 222 Å². The first kappa shape index (κ1) is 25.6. The van der Waals surface area contributed by atoms with Crippen LogP contribution in [0.5, 0.6) is 0 Å². The zero-order chi connectivity index (χ0) is 27.4. The molecule has 5 rings (SSSR count). The second-order valence-electron chi connectivity index (χ2n) is 8.71. The molecule has 0 aromatic heterocycles. The third-order valence-electron chi connectivity index (χ3n) is 6.29. The van der Waals surface area contributed by atoms with E-state index < -0.39 is 21.7 Å². The van der Waals surface area contributed by atoms with Gasteiger partial charge in [-0.15, -0.1) is 0 Å². The Morgan fingerprint density at radius 3 is 1.95 bits per heavy atom. The predicted molar refractivity (Wildman–Crippen MR) is 142 cm³/mol. The average Bonchev–Trinajstić information content (AvgIpc) is 3.37. The number of non-ortho nitro benzene ring substituents is 2. The van der Waals surface area contributed by atoms with Crippen molar-refractivity contribution in [2.24, 2.45) is 0 Å². The fourth-order valence-electron chi connectivity index (χ4n) is 4.28. The minimum Gasteiger partial charge on any atom is -0.286 e. The van der Waals surface area contributed by atoms with E-state index in [4.69, 9.17) is 9.68 Å². The van der Waals surface area contributed by atoms with Crippen LogP contribution in [-0.2, 0) is 15.3 Å². The van der Waals surface area contributed by atoms with Crippen LogP contribution in [0.2, 0.25) is 0 Å². The molecule has 0 radical (unpaired) electrons. The summed E-state index contributed by atoms with van der Waals surface area (Å²) in [7, 11) is 0. The second kappa shape index (κ2) is 10.8.